The fourth-order valence-corrected chi connectivity index (χ4v) is 5.05. The number of carbonyl (C=O) groups excluding carboxylic acids is 1. The molecule has 7 nitrogen and oxygen atoms in total. The van der Waals surface area contributed by atoms with E-state index in [2.05, 4.69) is 25.6 Å². The number of hydrogen-bond acceptors (Lipinski definition) is 6. The Morgan fingerprint density at radius 1 is 0.972 bits per heavy atom. The van der Waals surface area contributed by atoms with Gasteiger partial charge in [-0.1, -0.05) is 71.0 Å². The second kappa shape index (κ2) is 10.1. The van der Waals surface area contributed by atoms with Crippen LogP contribution in [0.3, 0.4) is 0 Å². The average Bonchev–Trinajstić information content (AvgIpc) is 3.28. The lowest BCUT2D eigenvalue weighted by Gasteiger charge is -2.11. The van der Waals surface area contributed by atoms with Gasteiger partial charge in [-0.3, -0.25) is 4.79 Å². The van der Waals surface area contributed by atoms with Crippen LogP contribution in [-0.4, -0.2) is 30.9 Å². The largest absolute Gasteiger partial charge is 0.320 e. The van der Waals surface area contributed by atoms with Gasteiger partial charge in [-0.2, -0.15) is 0 Å². The van der Waals surface area contributed by atoms with Crippen molar-refractivity contribution >= 4 is 45.7 Å². The molecule has 0 saturated heterocycles. The first-order chi connectivity index (χ1) is 17.4. The van der Waals surface area contributed by atoms with E-state index < -0.39 is 0 Å². The summed E-state index contributed by atoms with van der Waals surface area (Å²) in [5.74, 6) is 0.0485. The van der Waals surface area contributed by atoms with E-state index in [-0.39, 0.29) is 11.6 Å². The van der Waals surface area contributed by atoms with Crippen LogP contribution in [0.2, 0.25) is 5.02 Å². The standard InChI is InChI=1S/C27H23ClN6OS/c1-16-11-12-20(14-22(16)28)34-24(15-36-27-29-17(2)13-18(3)30-27)25(32-33-34)26(35)31-23-10-6-8-19-7-4-5-9-21(19)23/h4-14H,15H2,1-3H3,(H,31,35). The number of aromatic nitrogens is 5. The summed E-state index contributed by atoms with van der Waals surface area (Å²) in [5.41, 5.74) is 5.01. The van der Waals surface area contributed by atoms with Crippen molar-refractivity contribution in [3.05, 3.63) is 100 Å². The number of amides is 1. The van der Waals surface area contributed by atoms with E-state index >= 15 is 0 Å². The number of nitrogens with one attached hydrogen (secondary N) is 1. The minimum absolute atomic E-state index is 0.233. The monoisotopic (exact) mass is 514 g/mol. The van der Waals surface area contributed by atoms with Gasteiger partial charge in [0.25, 0.3) is 5.91 Å². The smallest absolute Gasteiger partial charge is 0.278 e. The Kier molecular flexibility index (Phi) is 6.71. The van der Waals surface area contributed by atoms with Crippen LogP contribution >= 0.6 is 23.4 Å². The zero-order valence-electron chi connectivity index (χ0n) is 20.0. The molecule has 180 valence electrons. The summed E-state index contributed by atoms with van der Waals surface area (Å²) in [7, 11) is 0. The molecule has 0 unspecified atom stereocenters. The lowest BCUT2D eigenvalue weighted by atomic mass is 10.1. The first kappa shape index (κ1) is 24.0. The molecule has 1 amide bonds. The molecular weight excluding hydrogens is 492 g/mol. The molecule has 0 spiro atoms. The number of carbonyl (C=O) groups is 1. The number of benzene rings is 3. The highest BCUT2D eigenvalue weighted by atomic mass is 35.5. The van der Waals surface area contributed by atoms with Gasteiger partial charge in [0, 0.05) is 33.2 Å². The Balaban J connectivity index is 1.52. The van der Waals surface area contributed by atoms with Crippen molar-refractivity contribution in [2.75, 3.05) is 5.32 Å². The van der Waals surface area contributed by atoms with Gasteiger partial charge in [-0.25, -0.2) is 14.6 Å². The zero-order chi connectivity index (χ0) is 25.2. The molecule has 0 saturated carbocycles. The Labute approximate surface area is 217 Å². The second-order valence-electron chi connectivity index (χ2n) is 8.43. The van der Waals surface area contributed by atoms with Gasteiger partial charge in [-0.15, -0.1) is 5.10 Å². The number of rotatable bonds is 6. The van der Waals surface area contributed by atoms with Gasteiger partial charge in [-0.05, 0) is 56.0 Å². The van der Waals surface area contributed by atoms with Crippen LogP contribution in [-0.2, 0) is 5.75 Å². The maximum Gasteiger partial charge on any atom is 0.278 e. The van der Waals surface area contributed by atoms with E-state index in [9.17, 15) is 4.79 Å². The molecule has 3 aromatic carbocycles. The summed E-state index contributed by atoms with van der Waals surface area (Å²) in [4.78, 5) is 22.5. The highest BCUT2D eigenvalue weighted by Gasteiger charge is 2.22. The maximum atomic E-state index is 13.5. The third-order valence-electron chi connectivity index (χ3n) is 5.72. The van der Waals surface area contributed by atoms with Crippen molar-refractivity contribution in [2.24, 2.45) is 0 Å². The van der Waals surface area contributed by atoms with Crippen LogP contribution < -0.4 is 5.32 Å². The topological polar surface area (TPSA) is 85.6 Å². The molecule has 5 rings (SSSR count). The summed E-state index contributed by atoms with van der Waals surface area (Å²) < 4.78 is 1.65. The Morgan fingerprint density at radius 3 is 2.50 bits per heavy atom. The highest BCUT2D eigenvalue weighted by molar-refractivity contribution is 7.98. The predicted molar refractivity (Wildman–Crippen MR) is 144 cm³/mol. The summed E-state index contributed by atoms with van der Waals surface area (Å²) in [6.45, 7) is 5.80. The molecule has 5 aromatic rings. The maximum absolute atomic E-state index is 13.5. The minimum atomic E-state index is -0.340. The lowest BCUT2D eigenvalue weighted by Crippen LogP contribution is -2.15. The van der Waals surface area contributed by atoms with Crippen LogP contribution in [0.15, 0.2) is 71.9 Å². The summed E-state index contributed by atoms with van der Waals surface area (Å²) >= 11 is 7.82. The number of thioether (sulfide) groups is 1. The van der Waals surface area contributed by atoms with Crippen molar-refractivity contribution < 1.29 is 4.79 Å². The number of fused-ring (bicyclic) bond motifs is 1. The first-order valence-corrected chi connectivity index (χ1v) is 12.7. The molecule has 0 aliphatic rings. The zero-order valence-corrected chi connectivity index (χ0v) is 21.6. The van der Waals surface area contributed by atoms with Gasteiger partial charge in [0.15, 0.2) is 10.9 Å². The van der Waals surface area contributed by atoms with Crippen molar-refractivity contribution in [2.45, 2.75) is 31.7 Å². The van der Waals surface area contributed by atoms with E-state index in [1.54, 1.807) is 4.68 Å². The normalized spacial score (nSPS) is 11.1. The van der Waals surface area contributed by atoms with Gasteiger partial charge in [0.05, 0.1) is 11.4 Å². The average molecular weight is 515 g/mol. The molecule has 0 aliphatic carbocycles. The molecule has 2 heterocycles. The van der Waals surface area contributed by atoms with Crippen LogP contribution in [0.4, 0.5) is 5.69 Å². The van der Waals surface area contributed by atoms with Crippen LogP contribution in [0.25, 0.3) is 16.5 Å². The second-order valence-corrected chi connectivity index (χ2v) is 9.78. The molecule has 1 N–H and O–H groups in total. The molecule has 0 radical (unpaired) electrons. The Morgan fingerprint density at radius 2 is 1.72 bits per heavy atom. The summed E-state index contributed by atoms with van der Waals surface area (Å²) in [5, 5.41) is 14.8. The van der Waals surface area contributed by atoms with Gasteiger partial charge in [0.1, 0.15) is 0 Å². The van der Waals surface area contributed by atoms with Crippen LogP contribution in [0.5, 0.6) is 0 Å². The number of nitrogens with zero attached hydrogens (tertiary/aromatic N) is 5. The number of hydrogen-bond donors (Lipinski definition) is 1. The van der Waals surface area contributed by atoms with Gasteiger partial charge < -0.3 is 5.32 Å². The number of anilines is 1. The fourth-order valence-electron chi connectivity index (χ4n) is 3.94. The van der Waals surface area contributed by atoms with Crippen molar-refractivity contribution in [3.8, 4) is 5.69 Å². The van der Waals surface area contributed by atoms with Crippen molar-refractivity contribution in [3.63, 3.8) is 0 Å². The SMILES string of the molecule is Cc1cc(C)nc(SCc2c(C(=O)Nc3cccc4ccccc34)nnn2-c2ccc(C)c(Cl)c2)n1. The van der Waals surface area contributed by atoms with E-state index in [0.29, 0.717) is 27.3 Å². The molecule has 0 aliphatic heterocycles. The minimum Gasteiger partial charge on any atom is -0.320 e. The highest BCUT2D eigenvalue weighted by Crippen LogP contribution is 2.28. The van der Waals surface area contributed by atoms with E-state index in [0.717, 1.165) is 33.4 Å². The fraction of sp³-hybridized carbons (Fsp3) is 0.148. The molecule has 0 fully saturated rings. The molecular formula is C27H23ClN6OS. The third kappa shape index (κ3) is 4.96. The number of halogens is 1. The number of aryl methyl sites for hydroxylation is 3. The van der Waals surface area contributed by atoms with E-state index in [1.165, 1.54) is 11.8 Å². The van der Waals surface area contributed by atoms with Crippen molar-refractivity contribution in [1.82, 2.24) is 25.0 Å². The van der Waals surface area contributed by atoms with Crippen LogP contribution in [0, 0.1) is 20.8 Å². The first-order valence-electron chi connectivity index (χ1n) is 11.3. The lowest BCUT2D eigenvalue weighted by molar-refractivity contribution is 0.102. The molecule has 9 heteroatoms. The Hall–Kier alpha value is -3.75. The summed E-state index contributed by atoms with van der Waals surface area (Å²) in [6.07, 6.45) is 0. The third-order valence-corrected chi connectivity index (χ3v) is 6.98. The molecule has 36 heavy (non-hydrogen) atoms. The molecule has 0 bridgehead atoms. The predicted octanol–water partition coefficient (Wildman–Crippen LogP) is 6.33. The van der Waals surface area contributed by atoms with E-state index in [4.69, 9.17) is 11.6 Å². The Bertz CT molecular complexity index is 1570. The summed E-state index contributed by atoms with van der Waals surface area (Å²) in [6, 6.07) is 21.3. The molecule has 0 atom stereocenters. The van der Waals surface area contributed by atoms with E-state index in [1.807, 2.05) is 87.5 Å². The van der Waals surface area contributed by atoms with Gasteiger partial charge >= 0.3 is 0 Å². The van der Waals surface area contributed by atoms with Crippen molar-refractivity contribution in [1.29, 1.82) is 0 Å². The van der Waals surface area contributed by atoms with Gasteiger partial charge in [0.2, 0.25) is 0 Å². The molecule has 2 aromatic heterocycles. The van der Waals surface area contributed by atoms with Crippen LogP contribution in [0.1, 0.15) is 33.1 Å². The quantitative estimate of drug-likeness (QED) is 0.210.